The number of pyridine rings is 1. The number of primary amides is 1. The molecule has 62 valence electrons. The van der Waals surface area contributed by atoms with E-state index in [0.717, 1.165) is 12.1 Å². The quantitative estimate of drug-likeness (QED) is 0.645. The molecule has 12 heavy (non-hydrogen) atoms. The molecule has 3 heteroatoms. The van der Waals surface area contributed by atoms with Crippen LogP contribution in [0.3, 0.4) is 0 Å². The summed E-state index contributed by atoms with van der Waals surface area (Å²) in [6.45, 7) is 0. The molecule has 1 aliphatic rings. The summed E-state index contributed by atoms with van der Waals surface area (Å²) in [6.07, 6.45) is 3.23. The fourth-order valence-electron chi connectivity index (χ4n) is 1.61. The lowest BCUT2D eigenvalue weighted by atomic mass is 10.1. The van der Waals surface area contributed by atoms with E-state index in [1.54, 1.807) is 6.20 Å². The smallest absolute Gasteiger partial charge is 0.221 e. The number of nitrogens with zero attached hydrogens (tertiary/aromatic N) is 1. The van der Waals surface area contributed by atoms with Crippen molar-refractivity contribution in [2.45, 2.75) is 12.8 Å². The Labute approximate surface area is 70.6 Å². The van der Waals surface area contributed by atoms with Crippen LogP contribution in [0.2, 0.25) is 0 Å². The second-order valence-electron chi connectivity index (χ2n) is 3.12. The first-order valence-corrected chi connectivity index (χ1v) is 3.99. The van der Waals surface area contributed by atoms with Crippen molar-refractivity contribution >= 4 is 5.91 Å². The van der Waals surface area contributed by atoms with E-state index >= 15 is 0 Å². The van der Waals surface area contributed by atoms with Crippen LogP contribution < -0.4 is 5.73 Å². The zero-order valence-corrected chi connectivity index (χ0v) is 6.66. The fourth-order valence-corrected chi connectivity index (χ4v) is 1.61. The topological polar surface area (TPSA) is 56.0 Å². The molecule has 1 amide bonds. The Morgan fingerprint density at radius 2 is 2.42 bits per heavy atom. The maximum Gasteiger partial charge on any atom is 0.221 e. The highest BCUT2D eigenvalue weighted by atomic mass is 16.1. The maximum atomic E-state index is 10.9. The van der Waals surface area contributed by atoms with Gasteiger partial charge in [-0.3, -0.25) is 9.78 Å². The van der Waals surface area contributed by atoms with E-state index < -0.39 is 0 Å². The van der Waals surface area contributed by atoms with Crippen molar-refractivity contribution in [3.8, 4) is 0 Å². The Hall–Kier alpha value is -1.38. The van der Waals surface area contributed by atoms with Gasteiger partial charge in [0.25, 0.3) is 0 Å². The van der Waals surface area contributed by atoms with Gasteiger partial charge in [0.05, 0.1) is 0 Å². The van der Waals surface area contributed by atoms with E-state index in [9.17, 15) is 4.79 Å². The van der Waals surface area contributed by atoms with Crippen molar-refractivity contribution in [2.75, 3.05) is 0 Å². The van der Waals surface area contributed by atoms with Crippen LogP contribution in [0.25, 0.3) is 0 Å². The molecule has 0 saturated heterocycles. The highest BCUT2D eigenvalue weighted by Crippen LogP contribution is 2.23. The molecule has 2 N–H and O–H groups in total. The van der Waals surface area contributed by atoms with Crippen LogP contribution in [-0.4, -0.2) is 10.9 Å². The van der Waals surface area contributed by atoms with Gasteiger partial charge < -0.3 is 5.73 Å². The number of fused-ring (bicyclic) bond motifs is 1. The summed E-state index contributed by atoms with van der Waals surface area (Å²) in [4.78, 5) is 15.0. The van der Waals surface area contributed by atoms with Crippen LogP contribution in [0.1, 0.15) is 11.3 Å². The number of nitrogens with two attached hydrogens (primary N) is 1. The predicted molar refractivity (Wildman–Crippen MR) is 44.3 cm³/mol. The number of rotatable bonds is 1. The molecule has 1 unspecified atom stereocenters. The highest BCUT2D eigenvalue weighted by molar-refractivity contribution is 5.78. The first kappa shape index (κ1) is 7.28. The van der Waals surface area contributed by atoms with Crippen molar-refractivity contribution < 1.29 is 4.79 Å². The van der Waals surface area contributed by atoms with Gasteiger partial charge in [0.15, 0.2) is 0 Å². The molecule has 1 aromatic rings. The van der Waals surface area contributed by atoms with E-state index in [1.165, 1.54) is 5.56 Å². The SMILES string of the molecule is NC(=O)C1Cc2cccnc2C1. The van der Waals surface area contributed by atoms with Gasteiger partial charge in [0, 0.05) is 24.2 Å². The monoisotopic (exact) mass is 162 g/mol. The molecule has 1 heterocycles. The molecule has 2 rings (SSSR count). The molecular weight excluding hydrogens is 152 g/mol. The Morgan fingerprint density at radius 3 is 3.08 bits per heavy atom. The van der Waals surface area contributed by atoms with Crippen LogP contribution in [0.4, 0.5) is 0 Å². The van der Waals surface area contributed by atoms with Crippen molar-refractivity contribution in [3.05, 3.63) is 29.6 Å². The zero-order chi connectivity index (χ0) is 8.55. The summed E-state index contributed by atoms with van der Waals surface area (Å²) < 4.78 is 0. The molecule has 0 bridgehead atoms. The Kier molecular flexibility index (Phi) is 1.57. The van der Waals surface area contributed by atoms with E-state index in [-0.39, 0.29) is 11.8 Å². The van der Waals surface area contributed by atoms with Gasteiger partial charge in [-0.05, 0) is 18.1 Å². The Morgan fingerprint density at radius 1 is 1.58 bits per heavy atom. The largest absolute Gasteiger partial charge is 0.369 e. The molecule has 0 aliphatic heterocycles. The minimum atomic E-state index is -0.215. The standard InChI is InChI=1S/C9H10N2O/c10-9(12)7-4-6-2-1-3-11-8(6)5-7/h1-3,7H,4-5H2,(H2,10,12). The normalized spacial score (nSPS) is 20.5. The molecule has 1 atom stereocenters. The molecule has 0 fully saturated rings. The van der Waals surface area contributed by atoms with Crippen molar-refractivity contribution in [2.24, 2.45) is 11.7 Å². The molecule has 3 nitrogen and oxygen atoms in total. The Balaban J connectivity index is 2.27. The van der Waals surface area contributed by atoms with Gasteiger partial charge in [-0.25, -0.2) is 0 Å². The average molecular weight is 162 g/mol. The number of amides is 1. The molecule has 0 saturated carbocycles. The summed E-state index contributed by atoms with van der Waals surface area (Å²) >= 11 is 0. The van der Waals surface area contributed by atoms with Crippen LogP contribution in [0.15, 0.2) is 18.3 Å². The predicted octanol–water partition coefficient (Wildman–Crippen LogP) is 0.282. The third-order valence-electron chi connectivity index (χ3n) is 2.29. The molecule has 1 aromatic heterocycles. The lowest BCUT2D eigenvalue weighted by Crippen LogP contribution is -2.23. The van der Waals surface area contributed by atoms with Gasteiger partial charge in [-0.1, -0.05) is 6.07 Å². The molecule has 0 radical (unpaired) electrons. The second-order valence-corrected chi connectivity index (χ2v) is 3.12. The first-order valence-electron chi connectivity index (χ1n) is 3.99. The lowest BCUT2D eigenvalue weighted by molar-refractivity contribution is -0.121. The molecule has 1 aliphatic carbocycles. The third kappa shape index (κ3) is 1.07. The summed E-state index contributed by atoms with van der Waals surface area (Å²) in [6, 6.07) is 3.90. The highest BCUT2D eigenvalue weighted by Gasteiger charge is 2.25. The zero-order valence-electron chi connectivity index (χ0n) is 6.66. The van der Waals surface area contributed by atoms with Gasteiger partial charge in [0.2, 0.25) is 5.91 Å². The minimum absolute atomic E-state index is 0.0325. The number of hydrogen-bond acceptors (Lipinski definition) is 2. The van der Waals surface area contributed by atoms with Gasteiger partial charge in [0.1, 0.15) is 0 Å². The van der Waals surface area contributed by atoms with Crippen molar-refractivity contribution in [3.63, 3.8) is 0 Å². The van der Waals surface area contributed by atoms with E-state index in [0.29, 0.717) is 6.42 Å². The van der Waals surface area contributed by atoms with Crippen LogP contribution in [-0.2, 0) is 17.6 Å². The summed E-state index contributed by atoms with van der Waals surface area (Å²) in [5, 5.41) is 0. The third-order valence-corrected chi connectivity index (χ3v) is 2.29. The van der Waals surface area contributed by atoms with Crippen LogP contribution >= 0.6 is 0 Å². The van der Waals surface area contributed by atoms with Crippen LogP contribution in [0, 0.1) is 5.92 Å². The lowest BCUT2D eigenvalue weighted by Gasteiger charge is -1.99. The van der Waals surface area contributed by atoms with Gasteiger partial charge >= 0.3 is 0 Å². The number of hydrogen-bond donors (Lipinski definition) is 1. The number of carbonyl (C=O) groups is 1. The molecule has 0 aromatic carbocycles. The van der Waals surface area contributed by atoms with Gasteiger partial charge in [-0.15, -0.1) is 0 Å². The summed E-state index contributed by atoms with van der Waals surface area (Å²) in [5.74, 6) is -0.247. The average Bonchev–Trinajstić information content (AvgIpc) is 2.46. The van der Waals surface area contributed by atoms with Crippen molar-refractivity contribution in [1.82, 2.24) is 4.98 Å². The summed E-state index contributed by atoms with van der Waals surface area (Å²) in [7, 11) is 0. The fraction of sp³-hybridized carbons (Fsp3) is 0.333. The number of aromatic nitrogens is 1. The van der Waals surface area contributed by atoms with Crippen LogP contribution in [0.5, 0.6) is 0 Å². The second kappa shape index (κ2) is 2.59. The number of carbonyl (C=O) groups excluding carboxylic acids is 1. The molecule has 0 spiro atoms. The Bertz CT molecular complexity index is 297. The van der Waals surface area contributed by atoms with E-state index in [2.05, 4.69) is 4.98 Å². The minimum Gasteiger partial charge on any atom is -0.369 e. The maximum absolute atomic E-state index is 10.9. The first-order chi connectivity index (χ1) is 5.77. The summed E-state index contributed by atoms with van der Waals surface area (Å²) in [5.41, 5.74) is 7.41. The van der Waals surface area contributed by atoms with Crippen molar-refractivity contribution in [1.29, 1.82) is 0 Å². The molecular formula is C9H10N2O. The van der Waals surface area contributed by atoms with E-state index in [4.69, 9.17) is 5.73 Å². The van der Waals surface area contributed by atoms with Gasteiger partial charge in [-0.2, -0.15) is 0 Å². The van der Waals surface area contributed by atoms with E-state index in [1.807, 2.05) is 12.1 Å².